The average molecular weight is 553 g/mol. The standard InChI is InChI=1S/C29H36N4O7/c1-3-40-29(38)33-13-11-32(12-14-33)28(37)23(9-10-26(34)35)31-27(36)25-17-20(22-15-21(22)18-39-2)16-24(30-25)19-7-5-4-6-8-19/h4-8,16-17,21-23H,3,9-15,18H2,1-2H3,(H,31,36)(H,34,35)/t21?,22?,23-/m0/s1. The molecular formula is C29H36N4O7. The number of ether oxygens (including phenoxy) is 2. The van der Waals surface area contributed by atoms with Gasteiger partial charge in [-0.1, -0.05) is 30.3 Å². The number of piperazine rings is 1. The third kappa shape index (κ3) is 7.35. The summed E-state index contributed by atoms with van der Waals surface area (Å²) in [6.07, 6.45) is 0.156. The number of methoxy groups -OCH3 is 1. The lowest BCUT2D eigenvalue weighted by Gasteiger charge is -2.35. The van der Waals surface area contributed by atoms with E-state index in [0.717, 1.165) is 17.5 Å². The Morgan fingerprint density at radius 3 is 2.42 bits per heavy atom. The molecule has 3 atom stereocenters. The molecular weight excluding hydrogens is 516 g/mol. The van der Waals surface area contributed by atoms with Crippen LogP contribution in [0.15, 0.2) is 42.5 Å². The summed E-state index contributed by atoms with van der Waals surface area (Å²) in [6.45, 7) is 3.71. The van der Waals surface area contributed by atoms with Crippen molar-refractivity contribution in [2.45, 2.75) is 38.1 Å². The van der Waals surface area contributed by atoms with Crippen LogP contribution in [0.25, 0.3) is 11.3 Å². The summed E-state index contributed by atoms with van der Waals surface area (Å²) in [7, 11) is 1.67. The molecule has 1 aliphatic carbocycles. The Morgan fingerprint density at radius 2 is 1.77 bits per heavy atom. The van der Waals surface area contributed by atoms with Crippen molar-refractivity contribution < 1.29 is 33.8 Å². The first-order valence-corrected chi connectivity index (χ1v) is 13.6. The van der Waals surface area contributed by atoms with Gasteiger partial charge in [-0.15, -0.1) is 0 Å². The van der Waals surface area contributed by atoms with Crippen molar-refractivity contribution in [3.8, 4) is 11.3 Å². The monoisotopic (exact) mass is 552 g/mol. The molecule has 2 heterocycles. The van der Waals surface area contributed by atoms with E-state index in [9.17, 15) is 24.3 Å². The van der Waals surface area contributed by atoms with Crippen LogP contribution in [0, 0.1) is 5.92 Å². The van der Waals surface area contributed by atoms with E-state index in [1.165, 1.54) is 4.90 Å². The lowest BCUT2D eigenvalue weighted by Crippen LogP contribution is -2.56. The van der Waals surface area contributed by atoms with Gasteiger partial charge < -0.3 is 29.7 Å². The zero-order valence-electron chi connectivity index (χ0n) is 22.9. The number of aromatic nitrogens is 1. The molecule has 4 rings (SSSR count). The minimum Gasteiger partial charge on any atom is -0.481 e. The van der Waals surface area contributed by atoms with Gasteiger partial charge in [0.1, 0.15) is 11.7 Å². The third-order valence-electron chi connectivity index (χ3n) is 7.25. The Kier molecular flexibility index (Phi) is 9.70. The minimum absolute atomic E-state index is 0.0677. The van der Waals surface area contributed by atoms with Crippen LogP contribution >= 0.6 is 0 Å². The SMILES string of the molecule is CCOC(=O)N1CCN(C(=O)[C@H](CCC(=O)O)NC(=O)c2cc(C3CC3COC)cc(-c3ccccc3)n2)CC1. The number of benzene rings is 1. The van der Waals surface area contributed by atoms with E-state index in [1.807, 2.05) is 36.4 Å². The van der Waals surface area contributed by atoms with Gasteiger partial charge in [0.2, 0.25) is 5.91 Å². The topological polar surface area (TPSA) is 138 Å². The number of carbonyl (C=O) groups is 4. The molecule has 0 radical (unpaired) electrons. The second-order valence-electron chi connectivity index (χ2n) is 10.1. The maximum absolute atomic E-state index is 13.5. The maximum atomic E-state index is 13.5. The molecule has 1 saturated heterocycles. The van der Waals surface area contributed by atoms with Gasteiger partial charge in [0.15, 0.2) is 0 Å². The van der Waals surface area contributed by atoms with Crippen LogP contribution in [0.1, 0.15) is 48.2 Å². The minimum atomic E-state index is -1.07. The molecule has 1 aromatic carbocycles. The summed E-state index contributed by atoms with van der Waals surface area (Å²) in [5, 5.41) is 12.0. The van der Waals surface area contributed by atoms with Crippen molar-refractivity contribution in [1.29, 1.82) is 0 Å². The van der Waals surface area contributed by atoms with E-state index in [4.69, 9.17) is 9.47 Å². The molecule has 1 saturated carbocycles. The highest BCUT2D eigenvalue weighted by atomic mass is 16.6. The number of pyridine rings is 1. The number of amides is 3. The molecule has 0 bridgehead atoms. The highest BCUT2D eigenvalue weighted by molar-refractivity contribution is 5.97. The average Bonchev–Trinajstić information content (AvgIpc) is 3.74. The predicted octanol–water partition coefficient (Wildman–Crippen LogP) is 2.76. The van der Waals surface area contributed by atoms with Crippen molar-refractivity contribution >= 4 is 23.9 Å². The number of nitrogens with one attached hydrogen (secondary N) is 1. The molecule has 3 amide bonds. The Balaban J connectivity index is 1.52. The molecule has 11 heteroatoms. The normalized spacial score (nSPS) is 19.1. The summed E-state index contributed by atoms with van der Waals surface area (Å²) in [5.74, 6) is -1.39. The summed E-state index contributed by atoms with van der Waals surface area (Å²) in [4.78, 5) is 57.9. The molecule has 214 valence electrons. The molecule has 0 spiro atoms. The molecule has 1 aliphatic heterocycles. The number of nitrogens with zero attached hydrogens (tertiary/aromatic N) is 3. The first-order valence-electron chi connectivity index (χ1n) is 13.6. The van der Waals surface area contributed by atoms with Gasteiger partial charge in [-0.05, 0) is 49.3 Å². The fourth-order valence-corrected chi connectivity index (χ4v) is 4.99. The maximum Gasteiger partial charge on any atom is 0.409 e. The molecule has 2 aliphatic rings. The number of aliphatic carboxylic acids is 1. The van der Waals surface area contributed by atoms with Crippen LogP contribution in [-0.2, 0) is 19.1 Å². The largest absolute Gasteiger partial charge is 0.481 e. The van der Waals surface area contributed by atoms with Crippen molar-refractivity contribution in [1.82, 2.24) is 20.1 Å². The zero-order chi connectivity index (χ0) is 28.6. The van der Waals surface area contributed by atoms with E-state index in [-0.39, 0.29) is 63.1 Å². The van der Waals surface area contributed by atoms with Gasteiger partial charge in [-0.25, -0.2) is 9.78 Å². The van der Waals surface area contributed by atoms with E-state index < -0.39 is 24.0 Å². The number of hydrogen-bond acceptors (Lipinski definition) is 7. The molecule has 2 unspecified atom stereocenters. The van der Waals surface area contributed by atoms with Crippen LogP contribution in [0.4, 0.5) is 4.79 Å². The quantitative estimate of drug-likeness (QED) is 0.434. The van der Waals surface area contributed by atoms with Gasteiger partial charge in [-0.2, -0.15) is 0 Å². The van der Waals surface area contributed by atoms with Gasteiger partial charge >= 0.3 is 12.1 Å². The molecule has 2 fully saturated rings. The van der Waals surface area contributed by atoms with E-state index in [2.05, 4.69) is 10.3 Å². The second-order valence-corrected chi connectivity index (χ2v) is 10.1. The van der Waals surface area contributed by atoms with Crippen LogP contribution in [-0.4, -0.2) is 96.3 Å². The summed E-state index contributed by atoms with van der Waals surface area (Å²) >= 11 is 0. The van der Waals surface area contributed by atoms with Crippen molar-refractivity contribution in [2.75, 3.05) is 46.5 Å². The Morgan fingerprint density at radius 1 is 1.07 bits per heavy atom. The number of carbonyl (C=O) groups excluding carboxylic acids is 3. The van der Waals surface area contributed by atoms with E-state index in [1.54, 1.807) is 25.0 Å². The Labute approximate surface area is 233 Å². The summed E-state index contributed by atoms with van der Waals surface area (Å²) in [6, 6.07) is 12.2. The van der Waals surface area contributed by atoms with E-state index in [0.29, 0.717) is 18.2 Å². The highest BCUT2D eigenvalue weighted by Gasteiger charge is 2.39. The van der Waals surface area contributed by atoms with Crippen LogP contribution in [0.2, 0.25) is 0 Å². The van der Waals surface area contributed by atoms with Crippen molar-refractivity contribution in [3.05, 3.63) is 53.7 Å². The van der Waals surface area contributed by atoms with Gasteiger partial charge in [0, 0.05) is 51.9 Å². The third-order valence-corrected chi connectivity index (χ3v) is 7.25. The first-order chi connectivity index (χ1) is 19.3. The van der Waals surface area contributed by atoms with Crippen molar-refractivity contribution in [3.63, 3.8) is 0 Å². The number of carboxylic acid groups (broad SMARTS) is 1. The number of carboxylic acids is 1. The number of hydrogen-bond donors (Lipinski definition) is 2. The summed E-state index contributed by atoms with van der Waals surface area (Å²) < 4.78 is 10.3. The summed E-state index contributed by atoms with van der Waals surface area (Å²) in [5.41, 5.74) is 2.65. The fourth-order valence-electron chi connectivity index (χ4n) is 4.99. The smallest absolute Gasteiger partial charge is 0.409 e. The van der Waals surface area contributed by atoms with Crippen molar-refractivity contribution in [2.24, 2.45) is 5.92 Å². The van der Waals surface area contributed by atoms with E-state index >= 15 is 0 Å². The Bertz CT molecular complexity index is 1210. The molecule has 40 heavy (non-hydrogen) atoms. The Hall–Kier alpha value is -3.99. The van der Waals surface area contributed by atoms with Gasteiger partial charge in [-0.3, -0.25) is 14.4 Å². The molecule has 1 aromatic heterocycles. The molecule has 2 N–H and O–H groups in total. The van der Waals surface area contributed by atoms with Crippen LogP contribution < -0.4 is 5.32 Å². The van der Waals surface area contributed by atoms with Gasteiger partial charge in [0.25, 0.3) is 5.91 Å². The van der Waals surface area contributed by atoms with Crippen LogP contribution in [0.5, 0.6) is 0 Å². The predicted molar refractivity (Wildman–Crippen MR) is 146 cm³/mol. The second kappa shape index (κ2) is 13.4. The van der Waals surface area contributed by atoms with Gasteiger partial charge in [0.05, 0.1) is 12.3 Å². The highest BCUT2D eigenvalue weighted by Crippen LogP contribution is 2.48. The molecule has 2 aromatic rings. The van der Waals surface area contributed by atoms with Crippen LogP contribution in [0.3, 0.4) is 0 Å². The fraction of sp³-hybridized carbons (Fsp3) is 0.483. The lowest BCUT2D eigenvalue weighted by molar-refractivity contribution is -0.138. The first kappa shape index (κ1) is 29.0. The number of rotatable bonds is 11. The lowest BCUT2D eigenvalue weighted by atomic mass is 10.0. The molecule has 11 nitrogen and oxygen atoms in total. The zero-order valence-corrected chi connectivity index (χ0v) is 22.9.